The van der Waals surface area contributed by atoms with E-state index in [-0.39, 0.29) is 6.04 Å². The Morgan fingerprint density at radius 3 is 2.74 bits per heavy atom. The van der Waals surface area contributed by atoms with Crippen LogP contribution in [0.4, 0.5) is 4.39 Å². The van der Waals surface area contributed by atoms with Crippen molar-refractivity contribution in [3.05, 3.63) is 60.0 Å². The minimum Gasteiger partial charge on any atom is -0.493 e. The highest BCUT2D eigenvalue weighted by molar-refractivity contribution is 6.02. The van der Waals surface area contributed by atoms with Crippen LogP contribution in [0.15, 0.2) is 59.5 Å². The van der Waals surface area contributed by atoms with E-state index in [1.807, 2.05) is 31.2 Å². The van der Waals surface area contributed by atoms with Crippen LogP contribution in [-0.2, 0) is 0 Å². The SMILES string of the molecule is C=C(F)/C=C\C=C(/C)C1CC(c2ccc(OC)c(OC)c2)=NN1. The van der Waals surface area contributed by atoms with Crippen molar-refractivity contribution in [1.82, 2.24) is 5.43 Å². The second-order valence-corrected chi connectivity index (χ2v) is 5.23. The molecule has 1 unspecified atom stereocenters. The van der Waals surface area contributed by atoms with E-state index in [0.717, 1.165) is 23.3 Å². The molecule has 1 N–H and O–H groups in total. The molecule has 0 aliphatic carbocycles. The molecule has 0 saturated carbocycles. The monoisotopic (exact) mass is 316 g/mol. The van der Waals surface area contributed by atoms with Gasteiger partial charge in [-0.2, -0.15) is 5.10 Å². The van der Waals surface area contributed by atoms with Crippen LogP contribution in [0.3, 0.4) is 0 Å². The molecule has 1 aromatic carbocycles. The molecule has 0 amide bonds. The molecule has 23 heavy (non-hydrogen) atoms. The van der Waals surface area contributed by atoms with Crippen molar-refractivity contribution in [2.75, 3.05) is 14.2 Å². The Morgan fingerprint density at radius 1 is 1.35 bits per heavy atom. The zero-order chi connectivity index (χ0) is 16.8. The Kier molecular flexibility index (Phi) is 5.57. The highest BCUT2D eigenvalue weighted by Gasteiger charge is 2.21. The first kappa shape index (κ1) is 16.8. The number of nitrogens with one attached hydrogen (secondary N) is 1. The van der Waals surface area contributed by atoms with Gasteiger partial charge in [-0.25, -0.2) is 4.39 Å². The van der Waals surface area contributed by atoms with E-state index in [2.05, 4.69) is 17.1 Å². The minimum atomic E-state index is -0.462. The average molecular weight is 316 g/mol. The lowest BCUT2D eigenvalue weighted by molar-refractivity contribution is 0.355. The summed E-state index contributed by atoms with van der Waals surface area (Å²) in [5.74, 6) is 0.899. The number of hydrogen-bond donors (Lipinski definition) is 1. The molecule has 1 aliphatic rings. The molecule has 122 valence electrons. The fraction of sp³-hybridized carbons (Fsp3) is 0.278. The van der Waals surface area contributed by atoms with Crippen LogP contribution in [0.2, 0.25) is 0 Å². The number of benzene rings is 1. The number of hydrazone groups is 1. The van der Waals surface area contributed by atoms with Crippen LogP contribution in [0.1, 0.15) is 18.9 Å². The van der Waals surface area contributed by atoms with Gasteiger partial charge in [0.05, 0.1) is 26.0 Å². The van der Waals surface area contributed by atoms with Crippen molar-refractivity contribution in [2.45, 2.75) is 19.4 Å². The first-order valence-corrected chi connectivity index (χ1v) is 7.29. The van der Waals surface area contributed by atoms with Crippen LogP contribution in [0.25, 0.3) is 0 Å². The first-order valence-electron chi connectivity index (χ1n) is 7.29. The third-order valence-electron chi connectivity index (χ3n) is 3.66. The maximum Gasteiger partial charge on any atom is 0.161 e. The summed E-state index contributed by atoms with van der Waals surface area (Å²) in [6.07, 6.45) is 5.58. The summed E-state index contributed by atoms with van der Waals surface area (Å²) in [7, 11) is 3.22. The number of ether oxygens (including phenoxy) is 2. The Hall–Kier alpha value is -2.56. The molecule has 1 atom stereocenters. The lowest BCUT2D eigenvalue weighted by Crippen LogP contribution is -2.20. The van der Waals surface area contributed by atoms with E-state index >= 15 is 0 Å². The molecule has 0 radical (unpaired) electrons. The van der Waals surface area contributed by atoms with Crippen molar-refractivity contribution in [1.29, 1.82) is 0 Å². The van der Waals surface area contributed by atoms with Gasteiger partial charge in [0.25, 0.3) is 0 Å². The molecule has 5 heteroatoms. The van der Waals surface area contributed by atoms with Gasteiger partial charge in [0.15, 0.2) is 11.5 Å². The second-order valence-electron chi connectivity index (χ2n) is 5.23. The normalized spacial score (nSPS) is 17.8. The zero-order valence-corrected chi connectivity index (χ0v) is 13.6. The van der Waals surface area contributed by atoms with Crippen molar-refractivity contribution >= 4 is 5.71 Å². The summed E-state index contributed by atoms with van der Waals surface area (Å²) in [4.78, 5) is 0. The standard InChI is InChI=1S/C18H21FN2O2/c1-12(6-5-7-13(2)19)15-11-16(21-20-15)14-8-9-17(22-3)18(10-14)23-4/h5-10,15,20H,2,11H2,1,3-4H3/b7-5-,12-6+. The van der Waals surface area contributed by atoms with Gasteiger partial charge >= 0.3 is 0 Å². The number of nitrogens with zero attached hydrogens (tertiary/aromatic N) is 1. The van der Waals surface area contributed by atoms with Gasteiger partial charge < -0.3 is 14.9 Å². The predicted octanol–water partition coefficient (Wildman–Crippen LogP) is 3.76. The number of allylic oxidation sites excluding steroid dienone is 4. The maximum absolute atomic E-state index is 12.6. The molecule has 1 aliphatic heterocycles. The highest BCUT2D eigenvalue weighted by atomic mass is 19.1. The molecule has 1 heterocycles. The summed E-state index contributed by atoms with van der Waals surface area (Å²) in [5.41, 5.74) is 6.11. The Bertz CT molecular complexity index is 678. The molecule has 0 aromatic heterocycles. The number of hydrogen-bond acceptors (Lipinski definition) is 4. The fourth-order valence-electron chi connectivity index (χ4n) is 2.32. The topological polar surface area (TPSA) is 42.9 Å². The molecule has 4 nitrogen and oxygen atoms in total. The molecular weight excluding hydrogens is 295 g/mol. The van der Waals surface area contributed by atoms with E-state index in [0.29, 0.717) is 11.5 Å². The van der Waals surface area contributed by atoms with Crippen LogP contribution >= 0.6 is 0 Å². The molecule has 0 saturated heterocycles. The number of halogens is 1. The van der Waals surface area contributed by atoms with Crippen molar-refractivity contribution in [3.63, 3.8) is 0 Å². The Labute approximate surface area is 136 Å². The van der Waals surface area contributed by atoms with Gasteiger partial charge in [0.2, 0.25) is 0 Å². The minimum absolute atomic E-state index is 0.0932. The van der Waals surface area contributed by atoms with E-state index in [4.69, 9.17) is 9.47 Å². The van der Waals surface area contributed by atoms with Crippen LogP contribution in [0.5, 0.6) is 11.5 Å². The van der Waals surface area contributed by atoms with E-state index in [9.17, 15) is 4.39 Å². The molecule has 0 fully saturated rings. The summed E-state index contributed by atoms with van der Waals surface area (Å²) in [5, 5.41) is 4.40. The Balaban J connectivity index is 2.09. The van der Waals surface area contributed by atoms with Crippen LogP contribution < -0.4 is 14.9 Å². The van der Waals surface area contributed by atoms with E-state index in [1.54, 1.807) is 20.3 Å². The smallest absolute Gasteiger partial charge is 0.161 e. The molecular formula is C18H21FN2O2. The highest BCUT2D eigenvalue weighted by Crippen LogP contribution is 2.29. The van der Waals surface area contributed by atoms with Gasteiger partial charge in [-0.15, -0.1) is 0 Å². The third kappa shape index (κ3) is 4.22. The summed E-state index contributed by atoms with van der Waals surface area (Å²) in [6, 6.07) is 5.82. The van der Waals surface area contributed by atoms with Crippen molar-refractivity contribution < 1.29 is 13.9 Å². The molecule has 0 bridgehead atoms. The third-order valence-corrected chi connectivity index (χ3v) is 3.66. The zero-order valence-electron chi connectivity index (χ0n) is 13.6. The second kappa shape index (κ2) is 7.63. The van der Waals surface area contributed by atoms with Gasteiger partial charge in [0.1, 0.15) is 5.83 Å². The Morgan fingerprint density at radius 2 is 2.09 bits per heavy atom. The molecule has 2 rings (SSSR count). The van der Waals surface area contributed by atoms with Crippen molar-refractivity contribution in [3.8, 4) is 11.5 Å². The number of rotatable bonds is 6. The van der Waals surface area contributed by atoms with Gasteiger partial charge in [-0.05, 0) is 36.8 Å². The number of methoxy groups -OCH3 is 2. The van der Waals surface area contributed by atoms with E-state index in [1.165, 1.54) is 6.08 Å². The summed E-state index contributed by atoms with van der Waals surface area (Å²) in [6.45, 7) is 5.17. The first-order chi connectivity index (χ1) is 11.0. The van der Waals surface area contributed by atoms with Gasteiger partial charge in [0, 0.05) is 12.0 Å². The van der Waals surface area contributed by atoms with Gasteiger partial charge in [-0.3, -0.25) is 0 Å². The quantitative estimate of drug-likeness (QED) is 0.813. The molecule has 0 spiro atoms. The summed E-state index contributed by atoms with van der Waals surface area (Å²) < 4.78 is 23.1. The van der Waals surface area contributed by atoms with Gasteiger partial charge in [-0.1, -0.05) is 18.7 Å². The summed E-state index contributed by atoms with van der Waals surface area (Å²) >= 11 is 0. The van der Waals surface area contributed by atoms with Crippen LogP contribution in [0, 0.1) is 0 Å². The van der Waals surface area contributed by atoms with E-state index < -0.39 is 5.83 Å². The largest absolute Gasteiger partial charge is 0.493 e. The van der Waals surface area contributed by atoms with Crippen molar-refractivity contribution in [2.24, 2.45) is 5.10 Å². The maximum atomic E-state index is 12.6. The molecule has 1 aromatic rings. The van der Waals surface area contributed by atoms with Crippen LogP contribution in [-0.4, -0.2) is 26.0 Å². The lowest BCUT2D eigenvalue weighted by atomic mass is 9.99. The lowest BCUT2D eigenvalue weighted by Gasteiger charge is -2.11. The average Bonchev–Trinajstić information content (AvgIpc) is 3.03. The fourth-order valence-corrected chi connectivity index (χ4v) is 2.32. The predicted molar refractivity (Wildman–Crippen MR) is 90.8 cm³/mol.